The van der Waals surface area contributed by atoms with Gasteiger partial charge in [-0.3, -0.25) is 10.1 Å². The third kappa shape index (κ3) is 4.06. The first-order valence-electron chi connectivity index (χ1n) is 7.10. The largest absolute Gasteiger partial charge is 0.495 e. The number of aromatic nitrogens is 2. The van der Waals surface area contributed by atoms with E-state index < -0.39 is 10.6 Å². The Morgan fingerprint density at radius 3 is 2.62 bits per heavy atom. The number of benzene rings is 1. The summed E-state index contributed by atoms with van der Waals surface area (Å²) in [7, 11) is 1.44. The first kappa shape index (κ1) is 18.7. The third-order valence-electron chi connectivity index (χ3n) is 3.22. The third-order valence-corrected chi connectivity index (χ3v) is 3.46. The highest BCUT2D eigenvalue weighted by atomic mass is 35.5. The average molecular weight is 374 g/mol. The molecule has 2 rings (SSSR count). The van der Waals surface area contributed by atoms with E-state index >= 15 is 0 Å². The quantitative estimate of drug-likeness (QED) is 0.440. The standard InChI is InChI=1S/C15H12ClN7O3/c1-26-12-3-2-10(16)8-11(12)21-14-13(23(24)25)15(20-9-19-14)22(6-4-17)7-5-18/h2-3,8-9H,6-7H2,1H3,(H,19,20,21). The van der Waals surface area contributed by atoms with E-state index in [9.17, 15) is 10.1 Å². The van der Waals surface area contributed by atoms with Crippen molar-refractivity contribution in [2.24, 2.45) is 0 Å². The lowest BCUT2D eigenvalue weighted by Gasteiger charge is -2.18. The molecule has 0 saturated heterocycles. The van der Waals surface area contributed by atoms with E-state index in [-0.39, 0.29) is 24.7 Å². The normalized spacial score (nSPS) is 9.69. The molecule has 0 fully saturated rings. The number of nitro groups is 1. The van der Waals surface area contributed by atoms with E-state index in [1.54, 1.807) is 12.1 Å². The van der Waals surface area contributed by atoms with Gasteiger partial charge in [0, 0.05) is 5.02 Å². The van der Waals surface area contributed by atoms with Crippen molar-refractivity contribution >= 4 is 34.6 Å². The maximum absolute atomic E-state index is 11.6. The van der Waals surface area contributed by atoms with Gasteiger partial charge < -0.3 is 15.0 Å². The number of nitrogens with zero attached hydrogens (tertiary/aromatic N) is 6. The Morgan fingerprint density at radius 1 is 1.35 bits per heavy atom. The summed E-state index contributed by atoms with van der Waals surface area (Å²) in [5.41, 5.74) is -0.111. The van der Waals surface area contributed by atoms with E-state index in [0.717, 1.165) is 6.33 Å². The van der Waals surface area contributed by atoms with Gasteiger partial charge in [0.25, 0.3) is 0 Å². The van der Waals surface area contributed by atoms with E-state index in [2.05, 4.69) is 15.3 Å². The molecule has 1 aromatic carbocycles. The lowest BCUT2D eigenvalue weighted by Crippen LogP contribution is -2.26. The molecule has 0 aliphatic heterocycles. The lowest BCUT2D eigenvalue weighted by molar-refractivity contribution is -0.383. The molecule has 0 bridgehead atoms. The molecular weight excluding hydrogens is 362 g/mol. The van der Waals surface area contributed by atoms with Gasteiger partial charge in [-0.25, -0.2) is 9.97 Å². The van der Waals surface area contributed by atoms with Gasteiger partial charge in [-0.2, -0.15) is 10.5 Å². The lowest BCUT2D eigenvalue weighted by atomic mass is 10.2. The Kier molecular flexibility index (Phi) is 6.09. The van der Waals surface area contributed by atoms with Crippen molar-refractivity contribution in [3.8, 4) is 17.9 Å². The Bertz CT molecular complexity index is 891. The highest BCUT2D eigenvalue weighted by Crippen LogP contribution is 2.36. The number of ether oxygens (including phenoxy) is 1. The van der Waals surface area contributed by atoms with Gasteiger partial charge in [0.05, 0.1) is 29.9 Å². The Labute approximate surface area is 153 Å². The molecule has 0 unspecified atom stereocenters. The molecule has 26 heavy (non-hydrogen) atoms. The van der Waals surface area contributed by atoms with Crippen LogP contribution in [0.25, 0.3) is 0 Å². The van der Waals surface area contributed by atoms with Crippen LogP contribution in [0.4, 0.5) is 23.0 Å². The molecule has 0 amide bonds. The van der Waals surface area contributed by atoms with Gasteiger partial charge in [0.2, 0.25) is 11.6 Å². The summed E-state index contributed by atoms with van der Waals surface area (Å²) in [4.78, 5) is 19.9. The molecule has 2 aromatic rings. The second kappa shape index (κ2) is 8.46. The van der Waals surface area contributed by atoms with Gasteiger partial charge >= 0.3 is 5.69 Å². The van der Waals surface area contributed by atoms with Crippen LogP contribution in [0.3, 0.4) is 0 Å². The fourth-order valence-electron chi connectivity index (χ4n) is 2.14. The van der Waals surface area contributed by atoms with Crippen molar-refractivity contribution in [1.29, 1.82) is 10.5 Å². The molecule has 1 N–H and O–H groups in total. The molecule has 0 radical (unpaired) electrons. The van der Waals surface area contributed by atoms with Crippen LogP contribution in [0.2, 0.25) is 5.02 Å². The summed E-state index contributed by atoms with van der Waals surface area (Å²) in [6, 6.07) is 8.41. The number of hydrogen-bond donors (Lipinski definition) is 1. The predicted octanol–water partition coefficient (Wildman–Crippen LogP) is 2.64. The van der Waals surface area contributed by atoms with Gasteiger partial charge in [0.1, 0.15) is 25.2 Å². The fourth-order valence-corrected chi connectivity index (χ4v) is 2.31. The molecule has 10 nitrogen and oxygen atoms in total. The molecule has 0 aliphatic rings. The number of hydrogen-bond acceptors (Lipinski definition) is 9. The summed E-state index contributed by atoms with van der Waals surface area (Å²) >= 11 is 5.96. The van der Waals surface area contributed by atoms with Crippen LogP contribution < -0.4 is 15.0 Å². The predicted molar refractivity (Wildman–Crippen MR) is 93.4 cm³/mol. The Balaban J connectivity index is 2.55. The average Bonchev–Trinajstić information content (AvgIpc) is 2.61. The van der Waals surface area contributed by atoms with E-state index in [0.29, 0.717) is 16.5 Å². The smallest absolute Gasteiger partial charge is 0.353 e. The maximum atomic E-state index is 11.6. The van der Waals surface area contributed by atoms with Gasteiger partial charge in [-0.15, -0.1) is 0 Å². The van der Waals surface area contributed by atoms with Crippen LogP contribution in [-0.4, -0.2) is 35.1 Å². The SMILES string of the molecule is COc1ccc(Cl)cc1Nc1ncnc(N(CC#N)CC#N)c1[N+](=O)[O-]. The molecule has 1 aromatic heterocycles. The van der Waals surface area contributed by atoms with Gasteiger partial charge in [-0.05, 0) is 18.2 Å². The van der Waals surface area contributed by atoms with Crippen molar-refractivity contribution in [3.05, 3.63) is 39.7 Å². The Morgan fingerprint density at radius 2 is 2.04 bits per heavy atom. The summed E-state index contributed by atoms with van der Waals surface area (Å²) in [5, 5.41) is 32.6. The van der Waals surface area contributed by atoms with Crippen molar-refractivity contribution in [2.45, 2.75) is 0 Å². The number of nitriles is 2. The van der Waals surface area contributed by atoms with Crippen LogP contribution in [-0.2, 0) is 0 Å². The maximum Gasteiger partial charge on any atom is 0.353 e. The minimum Gasteiger partial charge on any atom is -0.495 e. The number of anilines is 3. The summed E-state index contributed by atoms with van der Waals surface area (Å²) in [5.74, 6) is 0.132. The highest BCUT2D eigenvalue weighted by Gasteiger charge is 2.27. The number of rotatable bonds is 7. The number of halogens is 1. The minimum atomic E-state index is -0.684. The molecule has 0 spiro atoms. The van der Waals surface area contributed by atoms with Gasteiger partial charge in [-0.1, -0.05) is 11.6 Å². The molecule has 11 heteroatoms. The van der Waals surface area contributed by atoms with E-state index in [4.69, 9.17) is 26.9 Å². The zero-order valence-electron chi connectivity index (χ0n) is 13.5. The second-order valence-corrected chi connectivity index (χ2v) is 5.23. The summed E-state index contributed by atoms with van der Waals surface area (Å²) in [6.07, 6.45) is 1.10. The molecule has 1 heterocycles. The summed E-state index contributed by atoms with van der Waals surface area (Å²) in [6.45, 7) is -0.489. The van der Waals surface area contributed by atoms with E-state index in [1.807, 2.05) is 12.1 Å². The van der Waals surface area contributed by atoms with Crippen LogP contribution in [0.1, 0.15) is 0 Å². The van der Waals surface area contributed by atoms with Crippen molar-refractivity contribution in [3.63, 3.8) is 0 Å². The zero-order chi connectivity index (χ0) is 19.1. The van der Waals surface area contributed by atoms with Crippen LogP contribution in [0.5, 0.6) is 5.75 Å². The van der Waals surface area contributed by atoms with E-state index in [1.165, 1.54) is 18.1 Å². The monoisotopic (exact) mass is 373 g/mol. The topological polar surface area (TPSA) is 141 Å². The first-order chi connectivity index (χ1) is 12.5. The van der Waals surface area contributed by atoms with Crippen LogP contribution >= 0.6 is 11.6 Å². The first-order valence-corrected chi connectivity index (χ1v) is 7.48. The van der Waals surface area contributed by atoms with Crippen LogP contribution in [0, 0.1) is 32.8 Å². The van der Waals surface area contributed by atoms with Gasteiger partial charge in [0.15, 0.2) is 0 Å². The second-order valence-electron chi connectivity index (χ2n) is 4.79. The molecular formula is C15H12ClN7O3. The summed E-state index contributed by atoms with van der Waals surface area (Å²) < 4.78 is 5.20. The molecule has 0 atom stereocenters. The van der Waals surface area contributed by atoms with Crippen LogP contribution in [0.15, 0.2) is 24.5 Å². The van der Waals surface area contributed by atoms with Crippen molar-refractivity contribution in [2.75, 3.05) is 30.4 Å². The highest BCUT2D eigenvalue weighted by molar-refractivity contribution is 6.31. The number of nitrogens with one attached hydrogen (secondary N) is 1. The molecule has 132 valence electrons. The fraction of sp³-hybridized carbons (Fsp3) is 0.200. The Hall–Kier alpha value is -3.63. The van der Waals surface area contributed by atoms with Crippen molar-refractivity contribution < 1.29 is 9.66 Å². The van der Waals surface area contributed by atoms with Crippen molar-refractivity contribution in [1.82, 2.24) is 9.97 Å². The molecule has 0 saturated carbocycles. The zero-order valence-corrected chi connectivity index (χ0v) is 14.3. The minimum absolute atomic E-state index is 0.124. The number of methoxy groups -OCH3 is 1. The molecule has 0 aliphatic carbocycles.